The fraction of sp³-hybridized carbons (Fsp3) is 0.600. The van der Waals surface area contributed by atoms with Gasteiger partial charge in [-0.25, -0.2) is 4.39 Å². The monoisotopic (exact) mass is 251 g/mol. The summed E-state index contributed by atoms with van der Waals surface area (Å²) in [7, 11) is 0. The summed E-state index contributed by atoms with van der Waals surface area (Å²) in [4.78, 5) is 0. The van der Waals surface area contributed by atoms with Crippen LogP contribution in [0.2, 0.25) is 0 Å². The zero-order chi connectivity index (χ0) is 13.2. The van der Waals surface area contributed by atoms with E-state index >= 15 is 0 Å². The average Bonchev–Trinajstić information content (AvgIpc) is 2.22. The Morgan fingerprint density at radius 1 is 1.28 bits per heavy atom. The van der Waals surface area contributed by atoms with Gasteiger partial charge in [0.15, 0.2) is 0 Å². The lowest BCUT2D eigenvalue weighted by molar-refractivity contribution is -0.0158. The first-order chi connectivity index (χ1) is 8.43. The number of hydrogen-bond donors (Lipinski definition) is 1. The van der Waals surface area contributed by atoms with Gasteiger partial charge in [0, 0.05) is 25.1 Å². The zero-order valence-electron chi connectivity index (χ0n) is 11.4. The Morgan fingerprint density at radius 2 is 1.94 bits per heavy atom. The van der Waals surface area contributed by atoms with Crippen molar-refractivity contribution in [2.75, 3.05) is 19.7 Å². The molecule has 3 heteroatoms. The summed E-state index contributed by atoms with van der Waals surface area (Å²) in [5.74, 6) is -0.102. The molecule has 0 radical (unpaired) electrons. The lowest BCUT2D eigenvalue weighted by Crippen LogP contribution is -2.57. The molecule has 0 atom stereocenters. The summed E-state index contributed by atoms with van der Waals surface area (Å²) in [6.07, 6.45) is 0.859. The number of ether oxygens (including phenoxy) is 1. The number of nitrogens with one attached hydrogen (secondary N) is 1. The van der Waals surface area contributed by atoms with E-state index in [9.17, 15) is 4.39 Å². The van der Waals surface area contributed by atoms with Crippen LogP contribution in [0.15, 0.2) is 24.3 Å². The minimum absolute atomic E-state index is 0.0867. The van der Waals surface area contributed by atoms with Crippen LogP contribution in [0.1, 0.15) is 32.8 Å². The first kappa shape index (κ1) is 13.5. The number of benzene rings is 1. The minimum atomic E-state index is -0.131. The standard InChI is InChI=1S/C15H22FNO/c1-14(2,3)18-9-8-15(10-17-11-15)12-6-4-5-7-13(12)16/h4-7,17H,8-11H2,1-3H3. The molecule has 0 aliphatic carbocycles. The van der Waals surface area contributed by atoms with Crippen molar-refractivity contribution in [2.45, 2.75) is 38.2 Å². The first-order valence-corrected chi connectivity index (χ1v) is 6.53. The fourth-order valence-electron chi connectivity index (χ4n) is 2.37. The summed E-state index contributed by atoms with van der Waals surface area (Å²) < 4.78 is 19.7. The smallest absolute Gasteiger partial charge is 0.127 e. The Morgan fingerprint density at radius 3 is 2.44 bits per heavy atom. The van der Waals surface area contributed by atoms with Gasteiger partial charge in [-0.1, -0.05) is 18.2 Å². The van der Waals surface area contributed by atoms with Crippen molar-refractivity contribution in [3.05, 3.63) is 35.6 Å². The Bertz CT molecular complexity index is 407. The van der Waals surface area contributed by atoms with Crippen LogP contribution in [0.3, 0.4) is 0 Å². The predicted octanol–water partition coefficient (Wildman–Crippen LogP) is 2.87. The Labute approximate surface area is 109 Å². The van der Waals surface area contributed by atoms with E-state index in [0.29, 0.717) is 6.61 Å². The second-order valence-electron chi connectivity index (χ2n) is 6.07. The van der Waals surface area contributed by atoms with Crippen LogP contribution in [-0.4, -0.2) is 25.3 Å². The molecular formula is C15H22FNO. The van der Waals surface area contributed by atoms with E-state index in [1.54, 1.807) is 12.1 Å². The van der Waals surface area contributed by atoms with Crippen molar-refractivity contribution in [2.24, 2.45) is 0 Å². The third-order valence-corrected chi connectivity index (χ3v) is 3.49. The maximum atomic E-state index is 13.9. The van der Waals surface area contributed by atoms with Crippen molar-refractivity contribution in [3.63, 3.8) is 0 Å². The van der Waals surface area contributed by atoms with Gasteiger partial charge in [0.25, 0.3) is 0 Å². The Hall–Kier alpha value is -0.930. The highest BCUT2D eigenvalue weighted by molar-refractivity contribution is 5.31. The van der Waals surface area contributed by atoms with Gasteiger partial charge in [0.1, 0.15) is 5.82 Å². The van der Waals surface area contributed by atoms with Gasteiger partial charge in [0.05, 0.1) is 5.60 Å². The van der Waals surface area contributed by atoms with Crippen LogP contribution < -0.4 is 5.32 Å². The van der Waals surface area contributed by atoms with Crippen molar-refractivity contribution in [1.29, 1.82) is 0 Å². The minimum Gasteiger partial charge on any atom is -0.376 e. The van der Waals surface area contributed by atoms with Crippen molar-refractivity contribution >= 4 is 0 Å². The molecule has 0 unspecified atom stereocenters. The van der Waals surface area contributed by atoms with Gasteiger partial charge in [0.2, 0.25) is 0 Å². The van der Waals surface area contributed by atoms with Crippen LogP contribution in [0.5, 0.6) is 0 Å². The Balaban J connectivity index is 2.05. The molecular weight excluding hydrogens is 229 g/mol. The van der Waals surface area contributed by atoms with Gasteiger partial charge in [-0.05, 0) is 38.8 Å². The normalized spacial score (nSPS) is 18.4. The van der Waals surface area contributed by atoms with Gasteiger partial charge in [-0.2, -0.15) is 0 Å². The Kier molecular flexibility index (Phi) is 3.74. The van der Waals surface area contributed by atoms with E-state index in [1.807, 2.05) is 32.9 Å². The molecule has 0 aromatic heterocycles. The molecule has 0 spiro atoms. The molecule has 1 aromatic rings. The maximum Gasteiger partial charge on any atom is 0.127 e. The van der Waals surface area contributed by atoms with Crippen LogP contribution in [-0.2, 0) is 10.2 Å². The van der Waals surface area contributed by atoms with E-state index in [4.69, 9.17) is 4.74 Å². The number of rotatable bonds is 4. The lowest BCUT2D eigenvalue weighted by Gasteiger charge is -2.43. The van der Waals surface area contributed by atoms with Crippen LogP contribution in [0, 0.1) is 5.82 Å². The molecule has 1 aromatic carbocycles. The van der Waals surface area contributed by atoms with Gasteiger partial charge < -0.3 is 10.1 Å². The largest absolute Gasteiger partial charge is 0.376 e. The summed E-state index contributed by atoms with van der Waals surface area (Å²) in [6, 6.07) is 7.08. The second kappa shape index (κ2) is 4.98. The van der Waals surface area contributed by atoms with Crippen molar-refractivity contribution in [1.82, 2.24) is 5.32 Å². The van der Waals surface area contributed by atoms with Gasteiger partial charge in [-0.3, -0.25) is 0 Å². The van der Waals surface area contributed by atoms with E-state index in [1.165, 1.54) is 0 Å². The summed E-state index contributed by atoms with van der Waals surface area (Å²) in [6.45, 7) is 8.47. The molecule has 100 valence electrons. The molecule has 2 nitrogen and oxygen atoms in total. The topological polar surface area (TPSA) is 21.3 Å². The van der Waals surface area contributed by atoms with Crippen LogP contribution in [0.4, 0.5) is 4.39 Å². The lowest BCUT2D eigenvalue weighted by atomic mass is 9.72. The molecule has 0 amide bonds. The molecule has 1 heterocycles. The van der Waals surface area contributed by atoms with E-state index in [-0.39, 0.29) is 16.8 Å². The predicted molar refractivity (Wildman–Crippen MR) is 71.3 cm³/mol. The average molecular weight is 251 g/mol. The molecule has 1 saturated heterocycles. The molecule has 1 fully saturated rings. The summed E-state index contributed by atoms with van der Waals surface area (Å²) >= 11 is 0. The van der Waals surface area contributed by atoms with Gasteiger partial charge in [-0.15, -0.1) is 0 Å². The maximum absolute atomic E-state index is 13.9. The highest BCUT2D eigenvalue weighted by Crippen LogP contribution is 2.34. The highest BCUT2D eigenvalue weighted by Gasteiger charge is 2.40. The second-order valence-corrected chi connectivity index (χ2v) is 6.07. The zero-order valence-corrected chi connectivity index (χ0v) is 11.4. The highest BCUT2D eigenvalue weighted by atomic mass is 19.1. The fourth-order valence-corrected chi connectivity index (χ4v) is 2.37. The molecule has 1 aliphatic rings. The quantitative estimate of drug-likeness (QED) is 0.888. The molecule has 18 heavy (non-hydrogen) atoms. The molecule has 1 N–H and O–H groups in total. The number of halogens is 1. The summed E-state index contributed by atoms with van der Waals surface area (Å²) in [5, 5.41) is 3.25. The van der Waals surface area contributed by atoms with Crippen molar-refractivity contribution in [3.8, 4) is 0 Å². The SMILES string of the molecule is CC(C)(C)OCCC1(c2ccccc2F)CNC1. The third-order valence-electron chi connectivity index (χ3n) is 3.49. The van der Waals surface area contributed by atoms with E-state index in [0.717, 1.165) is 25.1 Å². The molecule has 2 rings (SSSR count). The van der Waals surface area contributed by atoms with E-state index < -0.39 is 0 Å². The van der Waals surface area contributed by atoms with E-state index in [2.05, 4.69) is 5.32 Å². The van der Waals surface area contributed by atoms with Crippen LogP contribution >= 0.6 is 0 Å². The molecule has 0 bridgehead atoms. The summed E-state index contributed by atoms with van der Waals surface area (Å²) in [5.41, 5.74) is 0.603. The van der Waals surface area contributed by atoms with Crippen molar-refractivity contribution < 1.29 is 9.13 Å². The molecule has 0 saturated carbocycles. The number of hydrogen-bond acceptors (Lipinski definition) is 2. The first-order valence-electron chi connectivity index (χ1n) is 6.53. The van der Waals surface area contributed by atoms with Crippen LogP contribution in [0.25, 0.3) is 0 Å². The van der Waals surface area contributed by atoms with Gasteiger partial charge >= 0.3 is 0 Å². The molecule has 1 aliphatic heterocycles. The third kappa shape index (κ3) is 2.90.